The molecule has 2 aliphatic heterocycles. The predicted molar refractivity (Wildman–Crippen MR) is 82.1 cm³/mol. The van der Waals surface area contributed by atoms with Gasteiger partial charge < -0.3 is 15.0 Å². The second-order valence-electron chi connectivity index (χ2n) is 6.13. The van der Waals surface area contributed by atoms with Gasteiger partial charge in [0.2, 0.25) is 5.91 Å². The second-order valence-corrected chi connectivity index (χ2v) is 6.13. The number of hydrogen-bond acceptors (Lipinski definition) is 5. The van der Waals surface area contributed by atoms with Crippen LogP contribution in [-0.4, -0.2) is 70.2 Å². The van der Waals surface area contributed by atoms with Crippen molar-refractivity contribution < 1.29 is 9.53 Å². The van der Waals surface area contributed by atoms with E-state index in [2.05, 4.69) is 26.3 Å². The van der Waals surface area contributed by atoms with Crippen molar-refractivity contribution in [3.8, 4) is 0 Å². The number of hydrogen-bond donors (Lipinski definition) is 1. The number of amides is 1. The molecule has 0 bridgehead atoms. The number of imidazole rings is 1. The second kappa shape index (κ2) is 6.36. The lowest BCUT2D eigenvalue weighted by molar-refractivity contribution is -0.132. The highest BCUT2D eigenvalue weighted by Crippen LogP contribution is 2.27. The molecule has 1 unspecified atom stereocenters. The Bertz CT molecular complexity index is 516. The van der Waals surface area contributed by atoms with E-state index in [-0.39, 0.29) is 5.91 Å². The number of ether oxygens (including phenoxy) is 1. The largest absolute Gasteiger partial charge is 0.379 e. The zero-order chi connectivity index (χ0) is 15.6. The van der Waals surface area contributed by atoms with Gasteiger partial charge in [-0.3, -0.25) is 14.6 Å². The summed E-state index contributed by atoms with van der Waals surface area (Å²) >= 11 is 0. The summed E-state index contributed by atoms with van der Waals surface area (Å²) in [4.78, 5) is 20.8. The van der Waals surface area contributed by atoms with E-state index in [1.807, 2.05) is 12.5 Å². The quantitative estimate of drug-likeness (QED) is 0.806. The van der Waals surface area contributed by atoms with Gasteiger partial charge in [-0.1, -0.05) is 0 Å². The Balaban J connectivity index is 1.59. The summed E-state index contributed by atoms with van der Waals surface area (Å²) < 4.78 is 7.62. The molecule has 7 heteroatoms. The Morgan fingerprint density at radius 1 is 1.41 bits per heavy atom. The normalized spacial score (nSPS) is 27.3. The SMILES string of the molecule is CCn1cncc1CN1CCN(C2(C(N)=O)CCOC2)CC1. The zero-order valence-corrected chi connectivity index (χ0v) is 13.2. The predicted octanol–water partition coefficient (Wildman–Crippen LogP) is -0.335. The van der Waals surface area contributed by atoms with Crippen molar-refractivity contribution in [1.29, 1.82) is 0 Å². The van der Waals surface area contributed by atoms with E-state index in [0.717, 1.165) is 39.3 Å². The van der Waals surface area contributed by atoms with Gasteiger partial charge in [0.05, 0.1) is 18.6 Å². The van der Waals surface area contributed by atoms with Crippen molar-refractivity contribution in [2.24, 2.45) is 5.73 Å². The van der Waals surface area contributed by atoms with Crippen molar-refractivity contribution >= 4 is 5.91 Å². The molecule has 3 rings (SSSR count). The minimum absolute atomic E-state index is 0.248. The lowest BCUT2D eigenvalue weighted by atomic mass is 9.94. The molecule has 1 amide bonds. The Labute approximate surface area is 131 Å². The summed E-state index contributed by atoms with van der Waals surface area (Å²) in [7, 11) is 0. The van der Waals surface area contributed by atoms with Crippen molar-refractivity contribution in [3.63, 3.8) is 0 Å². The van der Waals surface area contributed by atoms with Crippen LogP contribution < -0.4 is 5.73 Å². The highest BCUT2D eigenvalue weighted by Gasteiger charge is 2.46. The van der Waals surface area contributed by atoms with Crippen LogP contribution >= 0.6 is 0 Å². The molecular weight excluding hydrogens is 282 g/mol. The van der Waals surface area contributed by atoms with E-state index in [0.29, 0.717) is 19.6 Å². The van der Waals surface area contributed by atoms with E-state index < -0.39 is 5.54 Å². The third-order valence-electron chi connectivity index (χ3n) is 4.96. The van der Waals surface area contributed by atoms with Crippen LogP contribution in [0.1, 0.15) is 19.0 Å². The van der Waals surface area contributed by atoms with Crippen LogP contribution in [0.15, 0.2) is 12.5 Å². The molecule has 0 aliphatic carbocycles. The Kier molecular flexibility index (Phi) is 4.46. The molecule has 1 aromatic heterocycles. The van der Waals surface area contributed by atoms with Gasteiger partial charge in [-0.25, -0.2) is 4.98 Å². The highest BCUT2D eigenvalue weighted by molar-refractivity contribution is 5.85. The molecule has 2 aliphatic rings. The molecule has 0 radical (unpaired) electrons. The summed E-state index contributed by atoms with van der Waals surface area (Å²) in [5, 5.41) is 0. The van der Waals surface area contributed by atoms with Crippen LogP contribution in [0.5, 0.6) is 0 Å². The van der Waals surface area contributed by atoms with Crippen LogP contribution in [0.2, 0.25) is 0 Å². The molecule has 0 aromatic carbocycles. The van der Waals surface area contributed by atoms with Gasteiger partial charge in [0, 0.05) is 58.5 Å². The van der Waals surface area contributed by atoms with Crippen LogP contribution in [0.3, 0.4) is 0 Å². The molecule has 1 aromatic rings. The first-order valence-corrected chi connectivity index (χ1v) is 8.00. The molecule has 2 N–H and O–H groups in total. The van der Waals surface area contributed by atoms with Crippen LogP contribution in [-0.2, 0) is 22.6 Å². The lowest BCUT2D eigenvalue weighted by Gasteiger charge is -2.43. The number of aromatic nitrogens is 2. The van der Waals surface area contributed by atoms with Gasteiger partial charge in [0.15, 0.2) is 0 Å². The first kappa shape index (κ1) is 15.5. The number of nitrogens with two attached hydrogens (primary N) is 1. The van der Waals surface area contributed by atoms with Gasteiger partial charge in [0.1, 0.15) is 5.54 Å². The lowest BCUT2D eigenvalue weighted by Crippen LogP contribution is -2.63. The molecule has 2 saturated heterocycles. The third-order valence-corrected chi connectivity index (χ3v) is 4.96. The minimum atomic E-state index is -0.586. The maximum Gasteiger partial charge on any atom is 0.240 e. The van der Waals surface area contributed by atoms with Crippen molar-refractivity contribution in [2.75, 3.05) is 39.4 Å². The van der Waals surface area contributed by atoms with Gasteiger partial charge in [-0.2, -0.15) is 0 Å². The average molecular weight is 307 g/mol. The topological polar surface area (TPSA) is 76.6 Å². The Morgan fingerprint density at radius 2 is 2.18 bits per heavy atom. The molecule has 0 saturated carbocycles. The van der Waals surface area contributed by atoms with Gasteiger partial charge in [-0.05, 0) is 6.92 Å². The molecule has 0 spiro atoms. The highest BCUT2D eigenvalue weighted by atomic mass is 16.5. The van der Waals surface area contributed by atoms with E-state index in [1.165, 1.54) is 5.69 Å². The number of carbonyl (C=O) groups is 1. The number of piperazine rings is 1. The summed E-state index contributed by atoms with van der Waals surface area (Å²) in [6, 6.07) is 0. The fourth-order valence-corrected chi connectivity index (χ4v) is 3.48. The smallest absolute Gasteiger partial charge is 0.240 e. The molecule has 7 nitrogen and oxygen atoms in total. The Morgan fingerprint density at radius 3 is 2.77 bits per heavy atom. The number of primary amides is 1. The van der Waals surface area contributed by atoms with Crippen molar-refractivity contribution in [1.82, 2.24) is 19.4 Å². The van der Waals surface area contributed by atoms with Gasteiger partial charge >= 0.3 is 0 Å². The van der Waals surface area contributed by atoms with Crippen LogP contribution in [0.4, 0.5) is 0 Å². The number of nitrogens with zero attached hydrogens (tertiary/aromatic N) is 4. The molecular formula is C15H25N5O2. The fraction of sp³-hybridized carbons (Fsp3) is 0.733. The number of carbonyl (C=O) groups excluding carboxylic acids is 1. The summed E-state index contributed by atoms with van der Waals surface area (Å²) in [6.45, 7) is 8.61. The van der Waals surface area contributed by atoms with E-state index in [4.69, 9.17) is 10.5 Å². The number of rotatable bonds is 5. The molecule has 3 heterocycles. The van der Waals surface area contributed by atoms with Crippen molar-refractivity contribution in [2.45, 2.75) is 32.0 Å². The van der Waals surface area contributed by atoms with Gasteiger partial charge in [-0.15, -0.1) is 0 Å². The first-order chi connectivity index (χ1) is 10.7. The summed E-state index contributed by atoms with van der Waals surface area (Å²) in [6.07, 6.45) is 4.53. The molecule has 122 valence electrons. The van der Waals surface area contributed by atoms with E-state index >= 15 is 0 Å². The van der Waals surface area contributed by atoms with E-state index in [9.17, 15) is 4.79 Å². The average Bonchev–Trinajstić information content (AvgIpc) is 3.17. The van der Waals surface area contributed by atoms with Crippen LogP contribution in [0.25, 0.3) is 0 Å². The zero-order valence-electron chi connectivity index (χ0n) is 13.2. The fourth-order valence-electron chi connectivity index (χ4n) is 3.48. The third kappa shape index (κ3) is 2.76. The van der Waals surface area contributed by atoms with Crippen LogP contribution in [0, 0.1) is 0 Å². The standard InChI is InChI=1S/C15H25N5O2/c1-2-19-12-17-9-13(19)10-18-4-6-20(7-5-18)15(14(16)21)3-8-22-11-15/h9,12H,2-8,10-11H2,1H3,(H2,16,21). The molecule has 1 atom stereocenters. The first-order valence-electron chi connectivity index (χ1n) is 8.00. The molecule has 22 heavy (non-hydrogen) atoms. The number of aryl methyl sites for hydroxylation is 1. The van der Waals surface area contributed by atoms with E-state index in [1.54, 1.807) is 0 Å². The molecule has 2 fully saturated rings. The van der Waals surface area contributed by atoms with Gasteiger partial charge in [0.25, 0.3) is 0 Å². The van der Waals surface area contributed by atoms with Crippen molar-refractivity contribution in [3.05, 3.63) is 18.2 Å². The minimum Gasteiger partial charge on any atom is -0.379 e. The maximum atomic E-state index is 11.9. The summed E-state index contributed by atoms with van der Waals surface area (Å²) in [5.41, 5.74) is 6.31. The monoisotopic (exact) mass is 307 g/mol. The Hall–Kier alpha value is -1.44. The maximum absolute atomic E-state index is 11.9. The summed E-state index contributed by atoms with van der Waals surface area (Å²) in [5.74, 6) is -0.248.